The van der Waals surface area contributed by atoms with Gasteiger partial charge in [-0.25, -0.2) is 0 Å². The van der Waals surface area contributed by atoms with Crippen LogP contribution in [0.5, 0.6) is 0 Å². The van der Waals surface area contributed by atoms with E-state index in [9.17, 15) is 38.8 Å². The summed E-state index contributed by atoms with van der Waals surface area (Å²) < 4.78 is 31.8. The summed E-state index contributed by atoms with van der Waals surface area (Å²) in [4.78, 5) is 104. The van der Waals surface area contributed by atoms with Crippen LogP contribution in [0.1, 0.15) is 68.2 Å². The number of hydroxylamine groups is 2. The second-order valence-electron chi connectivity index (χ2n) is 18.8. The first-order valence-corrected chi connectivity index (χ1v) is 23.0. The van der Waals surface area contributed by atoms with Crippen molar-refractivity contribution in [2.75, 3.05) is 141 Å². The maximum Gasteiger partial charge on any atom is 0.242 e. The standard InChI is InChI=1S/C45H84N9O14/c1-32(28-65-11)50(22-37(46)55)41(59)23-48(15-17-63-9)40(58)26-52(34(3)30-67-13)43(61)27-53(35(4)31-68-14)42(60)24-49(16-18-64-10)39(57)25-51(33(2)29-66-12)38(56)21-47-36-19-44(5,6)54(62)45(7,8)20-36/h32-36,47H,15-31H2,1-14H3,(H2,46,55)/t32-,33-,34-,35-/m0/s1. The summed E-state index contributed by atoms with van der Waals surface area (Å²) >= 11 is 0. The van der Waals surface area contributed by atoms with Gasteiger partial charge in [0.25, 0.3) is 0 Å². The molecular formula is C45H84N9O14. The largest absolute Gasteiger partial charge is 0.383 e. The molecule has 1 aliphatic heterocycles. The van der Waals surface area contributed by atoms with E-state index in [4.69, 9.17) is 34.2 Å². The lowest BCUT2D eigenvalue weighted by Crippen LogP contribution is -2.62. The summed E-state index contributed by atoms with van der Waals surface area (Å²) in [6.07, 6.45) is 1.02. The van der Waals surface area contributed by atoms with Gasteiger partial charge in [-0.05, 0) is 68.2 Å². The number of hydrogen-bond donors (Lipinski definition) is 2. The van der Waals surface area contributed by atoms with Crippen LogP contribution in [0.3, 0.4) is 0 Å². The van der Waals surface area contributed by atoms with Crippen LogP contribution in [0.4, 0.5) is 0 Å². The summed E-state index contributed by atoms with van der Waals surface area (Å²) in [5, 5.41) is 17.4. The molecular weight excluding hydrogens is 891 g/mol. The fourth-order valence-corrected chi connectivity index (χ4v) is 8.42. The van der Waals surface area contributed by atoms with E-state index in [2.05, 4.69) is 5.32 Å². The van der Waals surface area contributed by atoms with Gasteiger partial charge in [0.15, 0.2) is 0 Å². The van der Waals surface area contributed by atoms with Crippen LogP contribution in [0.25, 0.3) is 0 Å². The molecule has 1 radical (unpaired) electrons. The highest BCUT2D eigenvalue weighted by atomic mass is 16.5. The molecule has 68 heavy (non-hydrogen) atoms. The summed E-state index contributed by atoms with van der Waals surface area (Å²) in [5.41, 5.74) is 4.11. The van der Waals surface area contributed by atoms with E-state index in [1.54, 1.807) is 27.7 Å². The number of piperidine rings is 1. The van der Waals surface area contributed by atoms with Crippen molar-refractivity contribution in [1.82, 2.24) is 39.8 Å². The molecule has 1 fully saturated rings. The van der Waals surface area contributed by atoms with Crippen LogP contribution in [0.15, 0.2) is 0 Å². The molecule has 1 saturated heterocycles. The molecule has 0 saturated carbocycles. The lowest BCUT2D eigenvalue weighted by Gasteiger charge is -2.50. The zero-order valence-corrected chi connectivity index (χ0v) is 43.3. The van der Waals surface area contributed by atoms with E-state index in [1.807, 2.05) is 27.7 Å². The number of carbonyl (C=O) groups is 7. The number of carbonyl (C=O) groups excluding carboxylic acids is 7. The van der Waals surface area contributed by atoms with Gasteiger partial charge in [-0.3, -0.25) is 33.6 Å². The average Bonchev–Trinajstić information content (AvgIpc) is 3.26. The van der Waals surface area contributed by atoms with E-state index < -0.39 is 110 Å². The van der Waals surface area contributed by atoms with Gasteiger partial charge >= 0.3 is 0 Å². The first-order valence-electron chi connectivity index (χ1n) is 23.0. The van der Waals surface area contributed by atoms with Gasteiger partial charge < -0.3 is 68.9 Å². The Labute approximate surface area is 404 Å². The third-order valence-electron chi connectivity index (χ3n) is 11.9. The Morgan fingerprint density at radius 2 is 0.824 bits per heavy atom. The summed E-state index contributed by atoms with van der Waals surface area (Å²) in [6.45, 7) is 11.6. The van der Waals surface area contributed by atoms with E-state index in [1.165, 1.54) is 72.1 Å². The van der Waals surface area contributed by atoms with Gasteiger partial charge in [-0.15, -0.1) is 10.3 Å². The van der Waals surface area contributed by atoms with Crippen molar-refractivity contribution in [1.29, 1.82) is 0 Å². The first kappa shape index (κ1) is 61.9. The van der Waals surface area contributed by atoms with E-state index in [-0.39, 0.29) is 71.2 Å². The zero-order valence-electron chi connectivity index (χ0n) is 43.3. The van der Waals surface area contributed by atoms with Crippen LogP contribution < -0.4 is 11.1 Å². The number of hydrogen-bond acceptors (Lipinski definition) is 15. The van der Waals surface area contributed by atoms with Crippen molar-refractivity contribution in [3.05, 3.63) is 0 Å². The van der Waals surface area contributed by atoms with E-state index in [0.717, 1.165) is 5.06 Å². The van der Waals surface area contributed by atoms with Gasteiger partial charge in [0, 0.05) is 72.9 Å². The second-order valence-corrected chi connectivity index (χ2v) is 18.8. The Balaban J connectivity index is 3.47. The molecule has 23 heteroatoms. The topological polar surface area (TPSA) is 256 Å². The molecule has 0 bridgehead atoms. The third kappa shape index (κ3) is 20.1. The van der Waals surface area contributed by atoms with Crippen LogP contribution in [-0.4, -0.2) is 258 Å². The minimum absolute atomic E-state index is 0.0133. The first-order chi connectivity index (χ1) is 31.8. The van der Waals surface area contributed by atoms with Gasteiger partial charge in [-0.1, -0.05) is 0 Å². The third-order valence-corrected chi connectivity index (χ3v) is 11.9. The number of amides is 7. The van der Waals surface area contributed by atoms with Crippen LogP contribution in [0.2, 0.25) is 0 Å². The van der Waals surface area contributed by atoms with Crippen molar-refractivity contribution < 1.29 is 67.2 Å². The second kappa shape index (κ2) is 30.5. The van der Waals surface area contributed by atoms with Gasteiger partial charge in [-0.2, -0.15) is 0 Å². The van der Waals surface area contributed by atoms with Crippen LogP contribution in [-0.2, 0) is 67.2 Å². The minimum Gasteiger partial charge on any atom is -0.383 e. The number of nitrogens with one attached hydrogen (secondary N) is 1. The van der Waals surface area contributed by atoms with Crippen molar-refractivity contribution in [3.8, 4) is 0 Å². The quantitative estimate of drug-likeness (QED) is 0.0786. The van der Waals surface area contributed by atoms with Crippen molar-refractivity contribution in [2.24, 2.45) is 5.73 Å². The highest BCUT2D eigenvalue weighted by Crippen LogP contribution is 2.37. The number of methoxy groups -OCH3 is 6. The van der Waals surface area contributed by atoms with Crippen LogP contribution >= 0.6 is 0 Å². The minimum atomic E-state index is -0.755. The van der Waals surface area contributed by atoms with Gasteiger partial charge in [0.1, 0.15) is 19.6 Å². The lowest BCUT2D eigenvalue weighted by molar-refractivity contribution is -0.290. The fraction of sp³-hybridized carbons (Fsp3) is 0.844. The van der Waals surface area contributed by atoms with Crippen molar-refractivity contribution in [3.63, 3.8) is 0 Å². The highest BCUT2D eigenvalue weighted by molar-refractivity contribution is 5.93. The van der Waals surface area contributed by atoms with Crippen molar-refractivity contribution >= 4 is 41.4 Å². The van der Waals surface area contributed by atoms with E-state index in [0.29, 0.717) is 12.8 Å². The molecule has 3 N–H and O–H groups in total. The molecule has 0 aromatic rings. The SMILES string of the molecule is COCCN(CC(=O)N(CC(N)=O)[C@@H](C)COC)C(=O)CN(C(=O)CN(C(=O)CN(CCOC)C(=O)CN(C(=O)CNC1CC(C)(C)N([O])C(C)(C)C1)[C@@H](C)COC)[C@@H](C)COC)[C@@H](C)COC. The Morgan fingerprint density at radius 1 is 0.515 bits per heavy atom. The number of primary amides is 1. The Bertz CT molecular complexity index is 1590. The number of rotatable bonds is 33. The lowest BCUT2D eigenvalue weighted by atomic mass is 9.79. The number of nitrogens with zero attached hydrogens (tertiary/aromatic N) is 7. The van der Waals surface area contributed by atoms with E-state index >= 15 is 0 Å². The molecule has 1 heterocycles. The summed E-state index contributed by atoms with van der Waals surface area (Å²) in [5.74, 6) is -4.16. The molecule has 0 unspecified atom stereocenters. The summed E-state index contributed by atoms with van der Waals surface area (Å²) in [7, 11) is 8.68. The molecule has 7 amide bonds. The fourth-order valence-electron chi connectivity index (χ4n) is 8.42. The monoisotopic (exact) mass is 975 g/mol. The number of nitrogens with two attached hydrogens (primary N) is 1. The molecule has 4 atom stereocenters. The molecule has 0 spiro atoms. The maximum atomic E-state index is 14.4. The zero-order chi connectivity index (χ0) is 51.9. The van der Waals surface area contributed by atoms with Crippen molar-refractivity contribution in [2.45, 2.75) is 110 Å². The molecule has 0 aliphatic carbocycles. The molecule has 23 nitrogen and oxygen atoms in total. The van der Waals surface area contributed by atoms with Crippen LogP contribution in [0, 0.1) is 0 Å². The molecule has 393 valence electrons. The Kier molecular flexibility index (Phi) is 27.8. The smallest absolute Gasteiger partial charge is 0.242 e. The normalized spacial score (nSPS) is 16.5. The summed E-state index contributed by atoms with van der Waals surface area (Å²) in [6, 6.07) is -2.62. The molecule has 1 rings (SSSR count). The van der Waals surface area contributed by atoms with Gasteiger partial charge in [0.2, 0.25) is 41.4 Å². The Hall–Kier alpha value is -4.07. The Morgan fingerprint density at radius 3 is 1.15 bits per heavy atom. The molecule has 0 aromatic carbocycles. The molecule has 0 aromatic heterocycles. The predicted octanol–water partition coefficient (Wildman–Crippen LogP) is -1.17. The highest BCUT2D eigenvalue weighted by Gasteiger charge is 2.46. The maximum absolute atomic E-state index is 14.4. The van der Waals surface area contributed by atoms with Gasteiger partial charge in [0.05, 0.1) is 90.0 Å². The number of ether oxygens (including phenoxy) is 6. The predicted molar refractivity (Wildman–Crippen MR) is 250 cm³/mol. The molecule has 1 aliphatic rings. The average molecular weight is 975 g/mol.